The molecule has 0 amide bonds. The minimum Gasteiger partial charge on any atom is -0.458 e. The second kappa shape index (κ2) is 7.30. The predicted molar refractivity (Wildman–Crippen MR) is 95.3 cm³/mol. The molecule has 8 heteroatoms. The van der Waals surface area contributed by atoms with Gasteiger partial charge in [0.2, 0.25) is 0 Å². The van der Waals surface area contributed by atoms with Gasteiger partial charge in [0.05, 0.1) is 22.8 Å². The highest BCUT2D eigenvalue weighted by molar-refractivity contribution is 5.81. The lowest BCUT2D eigenvalue weighted by Crippen LogP contribution is -2.42. The van der Waals surface area contributed by atoms with E-state index < -0.39 is 24.2 Å². The fraction of sp³-hybridized carbons (Fsp3) is 0.611. The quantitative estimate of drug-likeness (QED) is 0.573. The van der Waals surface area contributed by atoms with E-state index in [0.717, 1.165) is 22.3 Å². The van der Waals surface area contributed by atoms with Crippen LogP contribution in [-0.4, -0.2) is 56.0 Å². The second-order valence-electron chi connectivity index (χ2n) is 7.37. The Morgan fingerprint density at radius 3 is 2.85 bits per heavy atom. The highest BCUT2D eigenvalue weighted by Gasteiger charge is 2.46. The fourth-order valence-electron chi connectivity index (χ4n) is 3.60. The van der Waals surface area contributed by atoms with Crippen LogP contribution in [-0.2, 0) is 9.53 Å². The largest absolute Gasteiger partial charge is 0.458 e. The number of carbonyl (C=O) groups excluding carboxylic acids is 1. The van der Waals surface area contributed by atoms with Crippen LogP contribution in [0, 0.1) is 18.8 Å². The van der Waals surface area contributed by atoms with Gasteiger partial charge in [0.1, 0.15) is 18.5 Å². The number of hydrogen-bond acceptors (Lipinski definition) is 7. The maximum atomic E-state index is 12.4. The first kappa shape index (κ1) is 18.8. The molecule has 1 fully saturated rings. The van der Waals surface area contributed by atoms with Gasteiger partial charge in [-0.05, 0) is 19.3 Å². The third kappa shape index (κ3) is 3.20. The van der Waals surface area contributed by atoms with E-state index in [2.05, 4.69) is 15.0 Å². The SMILES string of the molecule is Cc1ncnc2c([C@@H]3C[C@H](CO)[C@@H](O)[C@H]3OC(=O)[C@@H](N)C(C)C)c[nH]c12. The average molecular weight is 362 g/mol. The Hall–Kier alpha value is -2.03. The van der Waals surface area contributed by atoms with Crippen molar-refractivity contribution in [2.45, 2.75) is 51.4 Å². The number of fused-ring (bicyclic) bond motifs is 1. The molecule has 8 nitrogen and oxygen atoms in total. The van der Waals surface area contributed by atoms with Gasteiger partial charge in [-0.15, -0.1) is 0 Å². The smallest absolute Gasteiger partial charge is 0.323 e. The maximum absolute atomic E-state index is 12.4. The summed E-state index contributed by atoms with van der Waals surface area (Å²) >= 11 is 0. The van der Waals surface area contributed by atoms with E-state index in [1.54, 1.807) is 0 Å². The summed E-state index contributed by atoms with van der Waals surface area (Å²) in [6.07, 6.45) is 2.05. The van der Waals surface area contributed by atoms with Crippen LogP contribution in [0.2, 0.25) is 0 Å². The molecule has 2 heterocycles. The number of nitrogens with two attached hydrogens (primary N) is 1. The van der Waals surface area contributed by atoms with Crippen LogP contribution in [0.1, 0.15) is 37.4 Å². The molecule has 0 aliphatic heterocycles. The van der Waals surface area contributed by atoms with Crippen molar-refractivity contribution in [3.63, 3.8) is 0 Å². The Balaban J connectivity index is 1.94. The summed E-state index contributed by atoms with van der Waals surface area (Å²) in [6.45, 7) is 5.37. The van der Waals surface area contributed by atoms with E-state index in [-0.39, 0.29) is 24.4 Å². The summed E-state index contributed by atoms with van der Waals surface area (Å²) in [5.41, 5.74) is 9.10. The maximum Gasteiger partial charge on any atom is 0.323 e. The summed E-state index contributed by atoms with van der Waals surface area (Å²) in [4.78, 5) is 24.0. The number of aryl methyl sites for hydroxylation is 1. The van der Waals surface area contributed by atoms with Gasteiger partial charge >= 0.3 is 5.97 Å². The van der Waals surface area contributed by atoms with Crippen molar-refractivity contribution in [1.29, 1.82) is 0 Å². The Kier molecular flexibility index (Phi) is 5.27. The molecule has 2 aromatic rings. The summed E-state index contributed by atoms with van der Waals surface area (Å²) < 4.78 is 5.61. The van der Waals surface area contributed by atoms with Gasteiger partial charge in [-0.25, -0.2) is 9.97 Å². The van der Waals surface area contributed by atoms with Crippen LogP contribution >= 0.6 is 0 Å². The molecule has 2 aromatic heterocycles. The second-order valence-corrected chi connectivity index (χ2v) is 7.37. The monoisotopic (exact) mass is 362 g/mol. The zero-order valence-electron chi connectivity index (χ0n) is 15.2. The molecule has 1 aliphatic carbocycles. The number of rotatable bonds is 5. The molecular weight excluding hydrogens is 336 g/mol. The van der Waals surface area contributed by atoms with Gasteiger partial charge in [-0.3, -0.25) is 4.79 Å². The average Bonchev–Trinajstić information content (AvgIpc) is 3.17. The lowest BCUT2D eigenvalue weighted by atomic mass is 9.96. The van der Waals surface area contributed by atoms with Crippen molar-refractivity contribution in [2.75, 3.05) is 6.61 Å². The Labute approximate surface area is 151 Å². The molecule has 26 heavy (non-hydrogen) atoms. The number of nitrogens with zero attached hydrogens (tertiary/aromatic N) is 2. The summed E-state index contributed by atoms with van der Waals surface area (Å²) in [6, 6.07) is -0.761. The normalized spacial score (nSPS) is 27.2. The fourth-order valence-corrected chi connectivity index (χ4v) is 3.60. The third-order valence-corrected chi connectivity index (χ3v) is 5.33. The molecule has 3 rings (SSSR count). The van der Waals surface area contributed by atoms with Gasteiger partial charge in [-0.1, -0.05) is 13.8 Å². The van der Waals surface area contributed by atoms with Crippen LogP contribution in [0.3, 0.4) is 0 Å². The summed E-state index contributed by atoms with van der Waals surface area (Å²) in [7, 11) is 0. The molecule has 1 aliphatic rings. The zero-order valence-corrected chi connectivity index (χ0v) is 15.2. The molecule has 0 aromatic carbocycles. The molecule has 0 unspecified atom stereocenters. The number of ether oxygens (including phenoxy) is 1. The number of H-pyrrole nitrogens is 1. The lowest BCUT2D eigenvalue weighted by molar-refractivity contribution is -0.158. The Morgan fingerprint density at radius 2 is 2.19 bits per heavy atom. The van der Waals surface area contributed by atoms with Crippen LogP contribution in [0.25, 0.3) is 11.0 Å². The van der Waals surface area contributed by atoms with Gasteiger partial charge in [0.15, 0.2) is 0 Å². The van der Waals surface area contributed by atoms with E-state index in [9.17, 15) is 15.0 Å². The van der Waals surface area contributed by atoms with E-state index in [4.69, 9.17) is 10.5 Å². The third-order valence-electron chi connectivity index (χ3n) is 5.33. The molecule has 5 N–H and O–H groups in total. The minimum atomic E-state index is -0.957. The van der Waals surface area contributed by atoms with E-state index in [1.165, 1.54) is 6.33 Å². The van der Waals surface area contributed by atoms with Crippen molar-refractivity contribution in [1.82, 2.24) is 15.0 Å². The van der Waals surface area contributed by atoms with Crippen molar-refractivity contribution >= 4 is 17.0 Å². The highest BCUT2D eigenvalue weighted by Crippen LogP contribution is 2.42. The number of aromatic nitrogens is 3. The van der Waals surface area contributed by atoms with Gasteiger partial charge in [0.25, 0.3) is 0 Å². The zero-order chi connectivity index (χ0) is 19.0. The number of nitrogens with one attached hydrogen (secondary N) is 1. The van der Waals surface area contributed by atoms with Crippen molar-refractivity contribution in [3.8, 4) is 0 Å². The Morgan fingerprint density at radius 1 is 1.46 bits per heavy atom. The molecule has 0 bridgehead atoms. The summed E-state index contributed by atoms with van der Waals surface area (Å²) in [5, 5.41) is 20.2. The number of carbonyl (C=O) groups is 1. The molecule has 142 valence electrons. The Bertz CT molecular complexity index is 791. The first-order chi connectivity index (χ1) is 12.3. The van der Waals surface area contributed by atoms with E-state index in [1.807, 2.05) is 27.0 Å². The first-order valence-corrected chi connectivity index (χ1v) is 8.88. The lowest BCUT2D eigenvalue weighted by Gasteiger charge is -2.25. The van der Waals surface area contributed by atoms with Crippen LogP contribution < -0.4 is 5.73 Å². The van der Waals surface area contributed by atoms with E-state index >= 15 is 0 Å². The van der Waals surface area contributed by atoms with Crippen LogP contribution in [0.5, 0.6) is 0 Å². The van der Waals surface area contributed by atoms with Crippen molar-refractivity contribution in [3.05, 3.63) is 23.8 Å². The number of aromatic amines is 1. The number of aliphatic hydroxyl groups is 2. The first-order valence-electron chi connectivity index (χ1n) is 8.88. The molecule has 0 radical (unpaired) electrons. The minimum absolute atomic E-state index is 0.0726. The predicted octanol–water partition coefficient (Wildman–Crippen LogP) is 0.618. The van der Waals surface area contributed by atoms with Gasteiger partial charge in [0, 0.05) is 30.2 Å². The molecule has 0 spiro atoms. The van der Waals surface area contributed by atoms with Crippen LogP contribution in [0.15, 0.2) is 12.5 Å². The topological polar surface area (TPSA) is 134 Å². The van der Waals surface area contributed by atoms with Crippen LogP contribution in [0.4, 0.5) is 0 Å². The molecule has 0 saturated heterocycles. The van der Waals surface area contributed by atoms with Crippen molar-refractivity contribution < 1.29 is 19.7 Å². The number of hydrogen-bond donors (Lipinski definition) is 4. The molecule has 1 saturated carbocycles. The standard InChI is InChI=1S/C18H26N4O4/c1-8(2)13(19)18(25)26-17-11(4-10(6-23)16(17)24)12-5-20-14-9(3)21-7-22-15(12)14/h5,7-8,10-11,13,16-17,20,23-24H,4,6,19H2,1-3H3/t10-,11+,13+,16-,17+/m1/s1. The molecule has 5 atom stereocenters. The van der Waals surface area contributed by atoms with Gasteiger partial charge < -0.3 is 25.7 Å². The van der Waals surface area contributed by atoms with Crippen molar-refractivity contribution in [2.24, 2.45) is 17.6 Å². The summed E-state index contributed by atoms with van der Waals surface area (Å²) in [5.74, 6) is -1.27. The van der Waals surface area contributed by atoms with E-state index in [0.29, 0.717) is 6.42 Å². The number of aliphatic hydroxyl groups excluding tert-OH is 2. The highest BCUT2D eigenvalue weighted by atomic mass is 16.6. The molecular formula is C18H26N4O4. The number of esters is 1. The van der Waals surface area contributed by atoms with Gasteiger partial charge in [-0.2, -0.15) is 0 Å².